The fourth-order valence-corrected chi connectivity index (χ4v) is 1.90. The predicted molar refractivity (Wildman–Crippen MR) is 78.3 cm³/mol. The minimum Gasteiger partial charge on any atom is -0.457 e. The van der Waals surface area contributed by atoms with E-state index >= 15 is 0 Å². The van der Waals surface area contributed by atoms with E-state index in [1.54, 1.807) is 0 Å². The SMILES string of the molecule is CN(CCN)Cc1ccc(Oc2ccccc2)cc1. The van der Waals surface area contributed by atoms with Crippen LogP contribution >= 0.6 is 0 Å². The molecule has 0 radical (unpaired) electrons. The third kappa shape index (κ3) is 4.39. The van der Waals surface area contributed by atoms with E-state index in [-0.39, 0.29) is 0 Å². The van der Waals surface area contributed by atoms with Gasteiger partial charge in [-0.25, -0.2) is 0 Å². The zero-order chi connectivity index (χ0) is 13.5. The Balaban J connectivity index is 1.95. The molecule has 19 heavy (non-hydrogen) atoms. The third-order valence-corrected chi connectivity index (χ3v) is 2.87. The molecular formula is C16H20N2O. The van der Waals surface area contributed by atoms with Crippen LogP contribution in [0.2, 0.25) is 0 Å². The standard InChI is InChI=1S/C16H20N2O/c1-18(12-11-17)13-14-7-9-16(10-8-14)19-15-5-3-2-4-6-15/h2-10H,11-13,17H2,1H3. The number of rotatable bonds is 6. The van der Waals surface area contributed by atoms with Gasteiger partial charge < -0.3 is 15.4 Å². The van der Waals surface area contributed by atoms with Gasteiger partial charge in [0.1, 0.15) is 11.5 Å². The van der Waals surface area contributed by atoms with E-state index in [4.69, 9.17) is 10.5 Å². The van der Waals surface area contributed by atoms with Gasteiger partial charge >= 0.3 is 0 Å². The van der Waals surface area contributed by atoms with E-state index in [1.165, 1.54) is 5.56 Å². The molecule has 0 saturated carbocycles. The zero-order valence-corrected chi connectivity index (χ0v) is 11.3. The second-order valence-electron chi connectivity index (χ2n) is 4.59. The topological polar surface area (TPSA) is 38.5 Å². The maximum Gasteiger partial charge on any atom is 0.127 e. The van der Waals surface area contributed by atoms with Crippen LogP contribution in [0.1, 0.15) is 5.56 Å². The molecular weight excluding hydrogens is 236 g/mol. The Hall–Kier alpha value is -1.84. The van der Waals surface area contributed by atoms with Crippen molar-refractivity contribution in [1.82, 2.24) is 4.90 Å². The summed E-state index contributed by atoms with van der Waals surface area (Å²) in [7, 11) is 2.07. The Morgan fingerprint density at radius 2 is 1.58 bits per heavy atom. The molecule has 0 heterocycles. The second-order valence-corrected chi connectivity index (χ2v) is 4.59. The molecule has 2 N–H and O–H groups in total. The van der Waals surface area contributed by atoms with Crippen LogP contribution in [0.4, 0.5) is 0 Å². The molecule has 0 spiro atoms. The first-order chi connectivity index (χ1) is 9.28. The quantitative estimate of drug-likeness (QED) is 0.863. The maximum absolute atomic E-state index is 5.75. The zero-order valence-electron chi connectivity index (χ0n) is 11.3. The van der Waals surface area contributed by atoms with Gasteiger partial charge in [0.25, 0.3) is 0 Å². The van der Waals surface area contributed by atoms with E-state index in [1.807, 2.05) is 42.5 Å². The lowest BCUT2D eigenvalue weighted by Gasteiger charge is -2.15. The number of likely N-dealkylation sites (N-methyl/N-ethyl adjacent to an activating group) is 1. The summed E-state index contributed by atoms with van der Waals surface area (Å²) in [6, 6.07) is 18.0. The van der Waals surface area contributed by atoms with E-state index in [9.17, 15) is 0 Å². The normalized spacial score (nSPS) is 10.7. The van der Waals surface area contributed by atoms with Crippen LogP contribution in [0, 0.1) is 0 Å². The van der Waals surface area contributed by atoms with E-state index in [2.05, 4.69) is 24.1 Å². The van der Waals surface area contributed by atoms with Gasteiger partial charge in [-0.05, 0) is 36.9 Å². The molecule has 2 aromatic carbocycles. The Morgan fingerprint density at radius 1 is 0.947 bits per heavy atom. The van der Waals surface area contributed by atoms with Crippen molar-refractivity contribution >= 4 is 0 Å². The number of para-hydroxylation sites is 1. The van der Waals surface area contributed by atoms with Crippen molar-refractivity contribution in [3.05, 3.63) is 60.2 Å². The van der Waals surface area contributed by atoms with Crippen molar-refractivity contribution in [2.75, 3.05) is 20.1 Å². The molecule has 0 bridgehead atoms. The summed E-state index contributed by atoms with van der Waals surface area (Å²) in [6.45, 7) is 2.50. The highest BCUT2D eigenvalue weighted by Gasteiger charge is 2.00. The summed E-state index contributed by atoms with van der Waals surface area (Å²) in [4.78, 5) is 2.20. The highest BCUT2D eigenvalue weighted by molar-refractivity contribution is 5.32. The minimum absolute atomic E-state index is 0.686. The first kappa shape index (κ1) is 13.6. The van der Waals surface area contributed by atoms with Crippen LogP contribution in [0.15, 0.2) is 54.6 Å². The molecule has 0 aliphatic carbocycles. The Morgan fingerprint density at radius 3 is 2.21 bits per heavy atom. The van der Waals surface area contributed by atoms with Crippen molar-refractivity contribution in [2.24, 2.45) is 5.73 Å². The van der Waals surface area contributed by atoms with Gasteiger partial charge in [-0.2, -0.15) is 0 Å². The molecule has 0 fully saturated rings. The first-order valence-corrected chi connectivity index (χ1v) is 6.48. The van der Waals surface area contributed by atoms with Crippen molar-refractivity contribution in [2.45, 2.75) is 6.54 Å². The van der Waals surface area contributed by atoms with Crippen molar-refractivity contribution < 1.29 is 4.74 Å². The smallest absolute Gasteiger partial charge is 0.127 e. The summed E-state index contributed by atoms with van der Waals surface area (Å²) >= 11 is 0. The van der Waals surface area contributed by atoms with Crippen molar-refractivity contribution in [3.8, 4) is 11.5 Å². The van der Waals surface area contributed by atoms with Crippen molar-refractivity contribution in [3.63, 3.8) is 0 Å². The van der Waals surface area contributed by atoms with Gasteiger partial charge in [0.2, 0.25) is 0 Å². The highest BCUT2D eigenvalue weighted by atomic mass is 16.5. The molecule has 0 aliphatic heterocycles. The molecule has 0 unspecified atom stereocenters. The fourth-order valence-electron chi connectivity index (χ4n) is 1.90. The molecule has 100 valence electrons. The predicted octanol–water partition coefficient (Wildman–Crippen LogP) is 2.87. The van der Waals surface area contributed by atoms with Crippen LogP contribution in [0.25, 0.3) is 0 Å². The number of hydrogen-bond acceptors (Lipinski definition) is 3. The van der Waals surface area contributed by atoms with Gasteiger partial charge in [-0.15, -0.1) is 0 Å². The third-order valence-electron chi connectivity index (χ3n) is 2.87. The summed E-state index contributed by atoms with van der Waals surface area (Å²) in [6.07, 6.45) is 0. The average molecular weight is 256 g/mol. The number of hydrogen-bond donors (Lipinski definition) is 1. The Bertz CT molecular complexity index is 482. The summed E-state index contributed by atoms with van der Waals surface area (Å²) < 4.78 is 5.75. The van der Waals surface area contributed by atoms with Crippen LogP contribution in [-0.4, -0.2) is 25.0 Å². The molecule has 0 atom stereocenters. The molecule has 0 aliphatic rings. The van der Waals surface area contributed by atoms with Gasteiger partial charge in [0, 0.05) is 19.6 Å². The second kappa shape index (κ2) is 6.92. The molecule has 3 heteroatoms. The molecule has 3 nitrogen and oxygen atoms in total. The minimum atomic E-state index is 0.686. The molecule has 0 saturated heterocycles. The summed E-state index contributed by atoms with van der Waals surface area (Å²) in [5, 5.41) is 0. The van der Waals surface area contributed by atoms with Crippen LogP contribution in [0.5, 0.6) is 11.5 Å². The summed E-state index contributed by atoms with van der Waals surface area (Å²) in [5.74, 6) is 1.71. The summed E-state index contributed by atoms with van der Waals surface area (Å²) in [5.41, 5.74) is 6.79. The lowest BCUT2D eigenvalue weighted by Crippen LogP contribution is -2.24. The Kier molecular flexibility index (Phi) is 4.95. The lowest BCUT2D eigenvalue weighted by molar-refractivity contribution is 0.336. The highest BCUT2D eigenvalue weighted by Crippen LogP contribution is 2.21. The number of ether oxygens (including phenoxy) is 1. The fraction of sp³-hybridized carbons (Fsp3) is 0.250. The number of benzene rings is 2. The molecule has 2 aromatic rings. The molecule has 0 aromatic heterocycles. The van der Waals surface area contributed by atoms with Gasteiger partial charge in [0.15, 0.2) is 0 Å². The van der Waals surface area contributed by atoms with Gasteiger partial charge in [-0.1, -0.05) is 30.3 Å². The molecule has 2 rings (SSSR count). The average Bonchev–Trinajstić information content (AvgIpc) is 2.42. The van der Waals surface area contributed by atoms with Crippen LogP contribution in [0.3, 0.4) is 0 Å². The molecule has 0 amide bonds. The van der Waals surface area contributed by atoms with E-state index < -0.39 is 0 Å². The van der Waals surface area contributed by atoms with Gasteiger partial charge in [-0.3, -0.25) is 0 Å². The first-order valence-electron chi connectivity index (χ1n) is 6.48. The maximum atomic E-state index is 5.75. The van der Waals surface area contributed by atoms with E-state index in [0.29, 0.717) is 6.54 Å². The monoisotopic (exact) mass is 256 g/mol. The van der Waals surface area contributed by atoms with Crippen molar-refractivity contribution in [1.29, 1.82) is 0 Å². The van der Waals surface area contributed by atoms with Crippen LogP contribution < -0.4 is 10.5 Å². The lowest BCUT2D eigenvalue weighted by atomic mass is 10.2. The van der Waals surface area contributed by atoms with Crippen LogP contribution in [-0.2, 0) is 6.54 Å². The van der Waals surface area contributed by atoms with Gasteiger partial charge in [0.05, 0.1) is 0 Å². The van der Waals surface area contributed by atoms with E-state index in [0.717, 1.165) is 24.6 Å². The number of nitrogens with two attached hydrogens (primary N) is 1. The number of nitrogens with zero attached hydrogens (tertiary/aromatic N) is 1. The largest absolute Gasteiger partial charge is 0.457 e. The Labute approximate surface area is 114 Å².